The van der Waals surface area contributed by atoms with E-state index in [0.717, 1.165) is 35.8 Å². The Bertz CT molecular complexity index is 1080. The third-order valence-electron chi connectivity index (χ3n) is 4.67. The first-order valence-corrected chi connectivity index (χ1v) is 8.57. The Kier molecular flexibility index (Phi) is 4.78. The Balaban J connectivity index is 2.44. The smallest absolute Gasteiger partial charge is 0.230 e. The Labute approximate surface area is 156 Å². The van der Waals surface area contributed by atoms with E-state index in [-0.39, 0.29) is 28.2 Å². The summed E-state index contributed by atoms with van der Waals surface area (Å²) < 4.78 is 30.0. The van der Waals surface area contributed by atoms with Crippen molar-refractivity contribution < 1.29 is 8.78 Å². The summed E-state index contributed by atoms with van der Waals surface area (Å²) >= 11 is 0. The van der Waals surface area contributed by atoms with Gasteiger partial charge < -0.3 is 4.90 Å². The summed E-state index contributed by atoms with van der Waals surface area (Å²) in [7, 11) is 0. The first kappa shape index (κ1) is 18.7. The van der Waals surface area contributed by atoms with E-state index in [2.05, 4.69) is 18.1 Å². The Morgan fingerprint density at radius 1 is 1.30 bits per heavy atom. The number of nitrogens with one attached hydrogen (secondary N) is 2. The van der Waals surface area contributed by atoms with Crippen LogP contribution in [0.15, 0.2) is 48.2 Å². The summed E-state index contributed by atoms with van der Waals surface area (Å²) in [6.07, 6.45) is 3.24. The van der Waals surface area contributed by atoms with Crippen molar-refractivity contribution in [2.75, 3.05) is 11.4 Å². The Hall–Kier alpha value is -3.09. The number of hydrogen-bond donors (Lipinski definition) is 2. The maximum absolute atomic E-state index is 14.8. The van der Waals surface area contributed by atoms with Gasteiger partial charge in [0, 0.05) is 12.2 Å². The first-order chi connectivity index (χ1) is 12.8. The molecule has 2 N–H and O–H groups in total. The van der Waals surface area contributed by atoms with Crippen LogP contribution in [0, 0.1) is 22.5 Å². The zero-order chi connectivity index (χ0) is 19.9. The molecule has 7 heteroatoms. The van der Waals surface area contributed by atoms with E-state index in [4.69, 9.17) is 10.8 Å². The lowest BCUT2D eigenvalue weighted by Gasteiger charge is -2.33. The molecule has 5 nitrogen and oxygen atoms in total. The van der Waals surface area contributed by atoms with Crippen LogP contribution in [0.2, 0.25) is 0 Å². The minimum absolute atomic E-state index is 0.00388. The van der Waals surface area contributed by atoms with E-state index < -0.39 is 11.6 Å². The van der Waals surface area contributed by atoms with Crippen molar-refractivity contribution in [3.63, 3.8) is 0 Å². The fourth-order valence-corrected chi connectivity index (χ4v) is 3.51. The number of fused-ring (bicyclic) bond motifs is 1. The summed E-state index contributed by atoms with van der Waals surface area (Å²) in [4.78, 5) is 5.99. The maximum atomic E-state index is 14.8. The van der Waals surface area contributed by atoms with Gasteiger partial charge in [0.05, 0.1) is 10.9 Å². The highest BCUT2D eigenvalue weighted by Gasteiger charge is 2.26. The molecule has 3 rings (SSSR count). The van der Waals surface area contributed by atoms with Crippen LogP contribution in [0.25, 0.3) is 10.9 Å². The molecule has 1 aliphatic heterocycles. The summed E-state index contributed by atoms with van der Waals surface area (Å²) in [5.74, 6) is -1.90. The van der Waals surface area contributed by atoms with Crippen LogP contribution in [0.4, 0.5) is 14.6 Å². The Morgan fingerprint density at radius 2 is 2.00 bits per heavy atom. The van der Waals surface area contributed by atoms with E-state index in [1.165, 1.54) is 17.6 Å². The largest absolute Gasteiger partial charge is 0.325 e. The maximum Gasteiger partial charge on any atom is 0.230 e. The highest BCUT2D eigenvalue weighted by Crippen LogP contribution is 2.35. The van der Waals surface area contributed by atoms with Crippen molar-refractivity contribution in [2.24, 2.45) is 0 Å². The van der Waals surface area contributed by atoms with Gasteiger partial charge in [-0.05, 0) is 50.5 Å². The molecule has 140 valence electrons. The fraction of sp³-hybridized carbons (Fsp3) is 0.250. The summed E-state index contributed by atoms with van der Waals surface area (Å²) in [6, 6.07) is 2.37. The zero-order valence-electron chi connectivity index (χ0n) is 15.4. The SMILES string of the molecule is C=CC1=C(C(=C)C)CCCN1c1nc(=N)n(C(C)=N)c2ccc(F)c(F)c12. The van der Waals surface area contributed by atoms with E-state index in [0.29, 0.717) is 6.54 Å². The van der Waals surface area contributed by atoms with Gasteiger partial charge in [-0.1, -0.05) is 18.7 Å². The quantitative estimate of drug-likeness (QED) is 0.627. The highest BCUT2D eigenvalue weighted by molar-refractivity contribution is 5.97. The minimum Gasteiger partial charge on any atom is -0.325 e. The predicted octanol–water partition coefficient (Wildman–Crippen LogP) is 4.26. The van der Waals surface area contributed by atoms with Crippen molar-refractivity contribution in [3.05, 3.63) is 65.5 Å². The van der Waals surface area contributed by atoms with Gasteiger partial charge >= 0.3 is 0 Å². The number of halogens is 2. The van der Waals surface area contributed by atoms with Gasteiger partial charge in [-0.25, -0.2) is 8.78 Å². The molecule has 0 aliphatic carbocycles. The number of rotatable bonds is 3. The number of hydrogen-bond acceptors (Lipinski definition) is 4. The van der Waals surface area contributed by atoms with Crippen molar-refractivity contribution in [1.29, 1.82) is 10.8 Å². The fourth-order valence-electron chi connectivity index (χ4n) is 3.51. The van der Waals surface area contributed by atoms with Crippen molar-refractivity contribution in [2.45, 2.75) is 26.7 Å². The lowest BCUT2D eigenvalue weighted by Crippen LogP contribution is -2.34. The second kappa shape index (κ2) is 6.90. The molecule has 0 radical (unpaired) electrons. The lowest BCUT2D eigenvalue weighted by molar-refractivity contribution is 0.516. The molecule has 0 amide bonds. The topological polar surface area (TPSA) is 68.8 Å². The van der Waals surface area contributed by atoms with E-state index >= 15 is 0 Å². The normalized spacial score (nSPS) is 14.6. The van der Waals surface area contributed by atoms with Crippen LogP contribution in [0.3, 0.4) is 0 Å². The molecule has 0 unspecified atom stereocenters. The molecule has 0 saturated carbocycles. The van der Waals surface area contributed by atoms with Crippen LogP contribution in [-0.4, -0.2) is 21.9 Å². The molecule has 1 aliphatic rings. The van der Waals surface area contributed by atoms with Gasteiger partial charge in [-0.15, -0.1) is 0 Å². The predicted molar refractivity (Wildman–Crippen MR) is 103 cm³/mol. The highest BCUT2D eigenvalue weighted by atomic mass is 19.2. The first-order valence-electron chi connectivity index (χ1n) is 8.57. The second-order valence-corrected chi connectivity index (χ2v) is 6.54. The minimum atomic E-state index is -1.05. The molecular formula is C20H21F2N5. The van der Waals surface area contributed by atoms with E-state index in [1.807, 2.05) is 6.92 Å². The van der Waals surface area contributed by atoms with Crippen LogP contribution in [-0.2, 0) is 0 Å². The van der Waals surface area contributed by atoms with Crippen LogP contribution < -0.4 is 10.5 Å². The Morgan fingerprint density at radius 3 is 2.59 bits per heavy atom. The third kappa shape index (κ3) is 2.99. The van der Waals surface area contributed by atoms with Crippen molar-refractivity contribution >= 4 is 22.6 Å². The molecule has 2 aromatic rings. The van der Waals surface area contributed by atoms with Crippen molar-refractivity contribution in [1.82, 2.24) is 9.55 Å². The number of aromatic nitrogens is 2. The second-order valence-electron chi connectivity index (χ2n) is 6.54. The number of nitrogens with zero attached hydrogens (tertiary/aromatic N) is 3. The van der Waals surface area contributed by atoms with Gasteiger partial charge in [0.25, 0.3) is 0 Å². The van der Waals surface area contributed by atoms with Gasteiger partial charge in [-0.2, -0.15) is 4.98 Å². The molecule has 0 spiro atoms. The average molecular weight is 369 g/mol. The van der Waals surface area contributed by atoms with E-state index in [1.54, 1.807) is 11.0 Å². The standard InChI is InChI=1S/C20H21F2N5/c1-5-15-13(11(2)3)7-6-10-26(15)19-17-16(9-8-14(21)18(17)22)27(12(4)23)20(24)25-19/h5,8-9,23-24H,1-2,6-7,10H2,3-4H3. The van der Waals surface area contributed by atoms with Crippen LogP contribution in [0.1, 0.15) is 26.7 Å². The van der Waals surface area contributed by atoms with Gasteiger partial charge in [0.1, 0.15) is 11.7 Å². The number of anilines is 1. The summed E-state index contributed by atoms with van der Waals surface area (Å²) in [5, 5.41) is 16.1. The van der Waals surface area contributed by atoms with Gasteiger partial charge in [0.2, 0.25) is 5.62 Å². The molecular weight excluding hydrogens is 348 g/mol. The molecule has 27 heavy (non-hydrogen) atoms. The van der Waals surface area contributed by atoms with Crippen molar-refractivity contribution in [3.8, 4) is 0 Å². The lowest BCUT2D eigenvalue weighted by atomic mass is 9.96. The summed E-state index contributed by atoms with van der Waals surface area (Å²) in [5.41, 5.74) is 2.59. The number of allylic oxidation sites excluding steroid dienone is 3. The molecule has 1 aromatic heterocycles. The molecule has 0 bridgehead atoms. The van der Waals surface area contributed by atoms with Crippen LogP contribution >= 0.6 is 0 Å². The number of benzene rings is 1. The average Bonchev–Trinajstić information content (AvgIpc) is 2.62. The molecule has 0 saturated heterocycles. The van der Waals surface area contributed by atoms with Gasteiger partial charge in [0.15, 0.2) is 11.6 Å². The third-order valence-corrected chi connectivity index (χ3v) is 4.67. The van der Waals surface area contributed by atoms with E-state index in [9.17, 15) is 8.78 Å². The monoisotopic (exact) mass is 369 g/mol. The van der Waals surface area contributed by atoms with Crippen LogP contribution in [0.5, 0.6) is 0 Å². The molecule has 0 fully saturated rings. The molecule has 2 heterocycles. The summed E-state index contributed by atoms with van der Waals surface area (Å²) in [6.45, 7) is 11.7. The van der Waals surface area contributed by atoms with Gasteiger partial charge in [-0.3, -0.25) is 15.4 Å². The zero-order valence-corrected chi connectivity index (χ0v) is 15.4. The molecule has 1 aromatic carbocycles. The molecule has 0 atom stereocenters.